The van der Waals surface area contributed by atoms with Crippen molar-refractivity contribution in [1.82, 2.24) is 0 Å². The number of methoxy groups -OCH3 is 2. The van der Waals surface area contributed by atoms with Crippen molar-refractivity contribution < 1.29 is 38.0 Å². The molecule has 0 amide bonds. The molecule has 0 radical (unpaired) electrons. The summed E-state index contributed by atoms with van der Waals surface area (Å²) in [7, 11) is 3.19. The number of carbonyl (C=O) groups is 2. The average molecular weight is 378 g/mol. The van der Waals surface area contributed by atoms with E-state index in [9.17, 15) is 9.59 Å². The Hall–Kier alpha value is -1.22. The Labute approximate surface area is 156 Å². The van der Waals surface area contributed by atoms with Gasteiger partial charge in [-0.3, -0.25) is 9.59 Å². The molecule has 0 aromatic carbocycles. The van der Waals surface area contributed by atoms with Crippen LogP contribution in [0.4, 0.5) is 0 Å². The summed E-state index contributed by atoms with van der Waals surface area (Å²) in [5, 5.41) is 0. The lowest BCUT2D eigenvalue weighted by Gasteiger charge is -2.18. The monoisotopic (exact) mass is 378 g/mol. The smallest absolute Gasteiger partial charge is 0.308 e. The summed E-state index contributed by atoms with van der Waals surface area (Å²) >= 11 is 0. The molecule has 2 unspecified atom stereocenters. The van der Waals surface area contributed by atoms with Crippen molar-refractivity contribution in [3.63, 3.8) is 0 Å². The quantitative estimate of drug-likeness (QED) is 0.278. The molecule has 0 aliphatic carbocycles. The van der Waals surface area contributed by atoms with E-state index in [0.29, 0.717) is 46.1 Å². The maximum absolute atomic E-state index is 12.0. The van der Waals surface area contributed by atoms with Gasteiger partial charge >= 0.3 is 11.9 Å². The topological polar surface area (TPSA) is 89.5 Å². The molecule has 0 spiro atoms. The van der Waals surface area contributed by atoms with Crippen LogP contribution < -0.4 is 0 Å². The number of ether oxygens (including phenoxy) is 6. The van der Waals surface area contributed by atoms with Gasteiger partial charge in [0.2, 0.25) is 0 Å². The first-order valence-corrected chi connectivity index (χ1v) is 8.98. The van der Waals surface area contributed by atoms with E-state index in [0.717, 1.165) is 0 Å². The summed E-state index contributed by atoms with van der Waals surface area (Å²) in [5.41, 5.74) is 0. The maximum Gasteiger partial charge on any atom is 0.308 e. The van der Waals surface area contributed by atoms with Crippen LogP contribution in [-0.2, 0) is 38.0 Å². The minimum Gasteiger partial charge on any atom is -0.463 e. The normalized spacial score (nSPS) is 13.2. The molecule has 0 aromatic heterocycles. The standard InChI is InChI=1S/C18H34O8/c1-15(5-6-17(19)25-13-11-23-9-7-21-3)16(2)18(20)26-14-12-24-10-8-22-4/h15-16H,5-14H2,1-4H3. The molecule has 0 aliphatic rings. The molecule has 0 aliphatic heterocycles. The first-order valence-electron chi connectivity index (χ1n) is 8.98. The van der Waals surface area contributed by atoms with Crippen molar-refractivity contribution >= 4 is 11.9 Å². The predicted octanol–water partition coefficient (Wildman–Crippen LogP) is 1.45. The van der Waals surface area contributed by atoms with Crippen LogP contribution in [0.15, 0.2) is 0 Å². The third kappa shape index (κ3) is 14.0. The van der Waals surface area contributed by atoms with E-state index in [1.54, 1.807) is 21.1 Å². The van der Waals surface area contributed by atoms with Crippen LogP contribution in [0.25, 0.3) is 0 Å². The lowest BCUT2D eigenvalue weighted by atomic mass is 9.92. The molecule has 0 fully saturated rings. The molecule has 26 heavy (non-hydrogen) atoms. The summed E-state index contributed by atoms with van der Waals surface area (Å²) in [6.45, 7) is 6.81. The molecule has 0 saturated heterocycles. The number of hydrogen-bond donors (Lipinski definition) is 0. The Kier molecular flexibility index (Phi) is 16.4. The minimum atomic E-state index is -0.292. The van der Waals surface area contributed by atoms with Crippen molar-refractivity contribution in [1.29, 1.82) is 0 Å². The van der Waals surface area contributed by atoms with Gasteiger partial charge < -0.3 is 28.4 Å². The molecule has 0 N–H and O–H groups in total. The first-order chi connectivity index (χ1) is 12.5. The Morgan fingerprint density at radius 3 is 1.77 bits per heavy atom. The summed E-state index contributed by atoms with van der Waals surface area (Å²) in [6.07, 6.45) is 0.820. The van der Waals surface area contributed by atoms with Crippen LogP contribution in [0, 0.1) is 11.8 Å². The third-order valence-corrected chi connectivity index (χ3v) is 3.86. The van der Waals surface area contributed by atoms with Gasteiger partial charge in [0.1, 0.15) is 13.2 Å². The van der Waals surface area contributed by atoms with Crippen molar-refractivity contribution in [2.75, 3.05) is 67.1 Å². The van der Waals surface area contributed by atoms with E-state index in [2.05, 4.69) is 0 Å². The third-order valence-electron chi connectivity index (χ3n) is 3.86. The zero-order valence-corrected chi connectivity index (χ0v) is 16.5. The highest BCUT2D eigenvalue weighted by Crippen LogP contribution is 2.18. The molecule has 0 heterocycles. The van der Waals surface area contributed by atoms with Gasteiger partial charge in [-0.25, -0.2) is 0 Å². The van der Waals surface area contributed by atoms with Gasteiger partial charge in [0.05, 0.1) is 45.6 Å². The van der Waals surface area contributed by atoms with Crippen LogP contribution in [0.2, 0.25) is 0 Å². The predicted molar refractivity (Wildman–Crippen MR) is 94.9 cm³/mol. The number of rotatable bonds is 17. The van der Waals surface area contributed by atoms with Crippen LogP contribution in [0.3, 0.4) is 0 Å². The molecular weight excluding hydrogens is 344 g/mol. The van der Waals surface area contributed by atoms with Crippen LogP contribution in [0.5, 0.6) is 0 Å². The summed E-state index contributed by atoms with van der Waals surface area (Å²) in [6, 6.07) is 0. The van der Waals surface area contributed by atoms with Crippen LogP contribution in [0.1, 0.15) is 26.7 Å². The molecule has 0 bridgehead atoms. The molecule has 8 heteroatoms. The Morgan fingerprint density at radius 1 is 0.731 bits per heavy atom. The summed E-state index contributed by atoms with van der Waals surface area (Å²) in [4.78, 5) is 23.7. The van der Waals surface area contributed by atoms with Crippen molar-refractivity contribution in [2.24, 2.45) is 11.8 Å². The second kappa shape index (κ2) is 17.2. The van der Waals surface area contributed by atoms with E-state index in [4.69, 9.17) is 28.4 Å². The van der Waals surface area contributed by atoms with Crippen LogP contribution in [-0.4, -0.2) is 79.0 Å². The number of esters is 2. The molecule has 0 rings (SSSR count). The van der Waals surface area contributed by atoms with E-state index in [-0.39, 0.29) is 43.4 Å². The van der Waals surface area contributed by atoms with Gasteiger partial charge in [0.25, 0.3) is 0 Å². The molecule has 8 nitrogen and oxygen atoms in total. The average Bonchev–Trinajstić information content (AvgIpc) is 2.64. The van der Waals surface area contributed by atoms with E-state index in [1.165, 1.54) is 0 Å². The molecule has 0 aromatic rings. The van der Waals surface area contributed by atoms with Crippen molar-refractivity contribution in [2.45, 2.75) is 26.7 Å². The Balaban J connectivity index is 3.74. The van der Waals surface area contributed by atoms with Gasteiger partial charge in [0, 0.05) is 20.6 Å². The zero-order chi connectivity index (χ0) is 19.6. The summed E-state index contributed by atoms with van der Waals surface area (Å²) in [5.74, 6) is -0.853. The molecular formula is C18H34O8. The van der Waals surface area contributed by atoms with Gasteiger partial charge in [-0.1, -0.05) is 13.8 Å². The molecule has 0 saturated carbocycles. The SMILES string of the molecule is COCCOCCOC(=O)CCC(C)C(C)C(=O)OCCOCCOC. The minimum absolute atomic E-state index is 0.0161. The fourth-order valence-electron chi connectivity index (χ4n) is 1.94. The molecule has 154 valence electrons. The Bertz CT molecular complexity index is 361. The van der Waals surface area contributed by atoms with Gasteiger partial charge in [0.15, 0.2) is 0 Å². The summed E-state index contributed by atoms with van der Waals surface area (Å²) < 4.78 is 30.4. The van der Waals surface area contributed by atoms with E-state index < -0.39 is 0 Å². The van der Waals surface area contributed by atoms with E-state index >= 15 is 0 Å². The lowest BCUT2D eigenvalue weighted by molar-refractivity contribution is -0.152. The van der Waals surface area contributed by atoms with E-state index in [1.807, 2.05) is 6.92 Å². The lowest BCUT2D eigenvalue weighted by Crippen LogP contribution is -2.24. The van der Waals surface area contributed by atoms with Crippen LogP contribution >= 0.6 is 0 Å². The van der Waals surface area contributed by atoms with Gasteiger partial charge in [-0.05, 0) is 12.3 Å². The molecule has 2 atom stereocenters. The Morgan fingerprint density at radius 2 is 1.23 bits per heavy atom. The zero-order valence-electron chi connectivity index (χ0n) is 16.5. The number of hydrogen-bond acceptors (Lipinski definition) is 8. The largest absolute Gasteiger partial charge is 0.463 e. The van der Waals surface area contributed by atoms with Gasteiger partial charge in [-0.2, -0.15) is 0 Å². The highest BCUT2D eigenvalue weighted by atomic mass is 16.6. The highest BCUT2D eigenvalue weighted by Gasteiger charge is 2.22. The highest BCUT2D eigenvalue weighted by molar-refractivity contribution is 5.72. The van der Waals surface area contributed by atoms with Crippen molar-refractivity contribution in [3.05, 3.63) is 0 Å². The number of carbonyl (C=O) groups excluding carboxylic acids is 2. The fourth-order valence-corrected chi connectivity index (χ4v) is 1.94. The van der Waals surface area contributed by atoms with Crippen molar-refractivity contribution in [3.8, 4) is 0 Å². The van der Waals surface area contributed by atoms with Gasteiger partial charge in [-0.15, -0.1) is 0 Å². The second-order valence-corrected chi connectivity index (χ2v) is 5.90. The first kappa shape index (κ1) is 24.8. The maximum atomic E-state index is 12.0. The second-order valence-electron chi connectivity index (χ2n) is 5.90. The fraction of sp³-hybridized carbons (Fsp3) is 0.889.